The minimum atomic E-state index is 0.0911. The molecule has 0 aromatic heterocycles. The van der Waals surface area contributed by atoms with Crippen molar-refractivity contribution in [3.63, 3.8) is 0 Å². The highest BCUT2D eigenvalue weighted by Crippen LogP contribution is 2.15. The second kappa shape index (κ2) is 3.18. The lowest BCUT2D eigenvalue weighted by Crippen LogP contribution is -2.31. The molecule has 1 aliphatic rings. The molecule has 0 N–H and O–H groups in total. The van der Waals surface area contributed by atoms with Gasteiger partial charge in [-0.1, -0.05) is 6.92 Å². The maximum absolute atomic E-state index is 10.5. The van der Waals surface area contributed by atoms with Crippen LogP contribution in [0.5, 0.6) is 0 Å². The molecule has 2 nitrogen and oxygen atoms in total. The highest BCUT2D eigenvalue weighted by atomic mass is 16.3. The minimum absolute atomic E-state index is 0.0911. The first-order valence-corrected chi connectivity index (χ1v) is 3.70. The van der Waals surface area contributed by atoms with Crippen LogP contribution in [0.25, 0.3) is 0 Å². The normalized spacial score (nSPS) is 29.3. The van der Waals surface area contributed by atoms with Crippen LogP contribution < -0.4 is 0 Å². The largest absolute Gasteiger partial charge is 0.298 e. The van der Waals surface area contributed by atoms with Gasteiger partial charge in [0.15, 0.2) is 0 Å². The van der Waals surface area contributed by atoms with Crippen molar-refractivity contribution in [1.29, 1.82) is 0 Å². The zero-order valence-corrected chi connectivity index (χ0v) is 5.97. The van der Waals surface area contributed by atoms with Crippen molar-refractivity contribution in [2.24, 2.45) is 0 Å². The second-order valence-electron chi connectivity index (χ2n) is 2.59. The van der Waals surface area contributed by atoms with Crippen LogP contribution in [0.2, 0.25) is 0 Å². The Hall–Kier alpha value is -0.0800. The predicted molar refractivity (Wildman–Crippen MR) is 35.8 cm³/mol. The number of rotatable bonds is 2. The maximum Gasteiger partial charge on any atom is 0.0977 e. The van der Waals surface area contributed by atoms with Crippen LogP contribution in [-0.2, 0) is 5.11 Å². The topological polar surface area (TPSA) is 23.1 Å². The summed E-state index contributed by atoms with van der Waals surface area (Å²) in [5.41, 5.74) is 0. The van der Waals surface area contributed by atoms with Crippen LogP contribution in [0.15, 0.2) is 0 Å². The van der Waals surface area contributed by atoms with E-state index in [0.29, 0.717) is 6.04 Å². The van der Waals surface area contributed by atoms with E-state index in [-0.39, 0.29) is 6.61 Å². The van der Waals surface area contributed by atoms with Crippen LogP contribution >= 0.6 is 0 Å². The zero-order valence-electron chi connectivity index (χ0n) is 5.97. The fourth-order valence-corrected chi connectivity index (χ4v) is 1.50. The average molecular weight is 128 g/mol. The van der Waals surface area contributed by atoms with Crippen LogP contribution in [0.4, 0.5) is 0 Å². The predicted octanol–water partition coefficient (Wildman–Crippen LogP) is 0.901. The van der Waals surface area contributed by atoms with E-state index in [2.05, 4.69) is 11.8 Å². The highest BCUT2D eigenvalue weighted by molar-refractivity contribution is 4.76. The summed E-state index contributed by atoms with van der Waals surface area (Å²) in [6, 6.07) is 0.356. The maximum atomic E-state index is 10.5. The standard InChI is InChI=1S/C7H14NO/c1-2-8-5-3-4-7(8)6-9/h7H,2-6H2,1H3. The molecule has 1 saturated heterocycles. The van der Waals surface area contributed by atoms with Crippen molar-refractivity contribution < 1.29 is 5.11 Å². The average Bonchev–Trinajstić information content (AvgIpc) is 2.33. The number of nitrogens with zero attached hydrogens (tertiary/aromatic N) is 1. The van der Waals surface area contributed by atoms with Gasteiger partial charge in [0.2, 0.25) is 0 Å². The molecule has 1 aliphatic heterocycles. The molecule has 1 unspecified atom stereocenters. The summed E-state index contributed by atoms with van der Waals surface area (Å²) >= 11 is 0. The summed E-state index contributed by atoms with van der Waals surface area (Å²) in [5, 5.41) is 10.5. The van der Waals surface area contributed by atoms with Gasteiger partial charge in [-0.2, -0.15) is 0 Å². The fraction of sp³-hybridized carbons (Fsp3) is 1.00. The molecule has 0 bridgehead atoms. The van der Waals surface area contributed by atoms with Gasteiger partial charge in [-0.25, -0.2) is 5.11 Å². The van der Waals surface area contributed by atoms with E-state index < -0.39 is 0 Å². The van der Waals surface area contributed by atoms with Crippen molar-refractivity contribution in [3.05, 3.63) is 0 Å². The molecule has 0 aromatic carbocycles. The van der Waals surface area contributed by atoms with E-state index in [1.807, 2.05) is 0 Å². The summed E-state index contributed by atoms with van der Waals surface area (Å²) in [6.07, 6.45) is 2.35. The Morgan fingerprint density at radius 3 is 2.89 bits per heavy atom. The highest BCUT2D eigenvalue weighted by Gasteiger charge is 2.21. The lowest BCUT2D eigenvalue weighted by molar-refractivity contribution is 0.110. The molecule has 0 aromatic rings. The van der Waals surface area contributed by atoms with E-state index in [0.717, 1.165) is 19.5 Å². The molecule has 1 rings (SSSR count). The van der Waals surface area contributed by atoms with Crippen molar-refractivity contribution in [2.45, 2.75) is 25.8 Å². The Bertz CT molecular complexity index is 75.0. The Morgan fingerprint density at radius 2 is 2.44 bits per heavy atom. The van der Waals surface area contributed by atoms with E-state index >= 15 is 0 Å². The zero-order chi connectivity index (χ0) is 6.69. The SMILES string of the molecule is CCN1CCCC1C[O]. The van der Waals surface area contributed by atoms with Crippen LogP contribution in [0.3, 0.4) is 0 Å². The van der Waals surface area contributed by atoms with E-state index in [9.17, 15) is 5.11 Å². The van der Waals surface area contributed by atoms with Crippen molar-refractivity contribution in [2.75, 3.05) is 19.7 Å². The van der Waals surface area contributed by atoms with E-state index in [1.165, 1.54) is 6.42 Å². The molecule has 0 aliphatic carbocycles. The number of hydrogen-bond acceptors (Lipinski definition) is 1. The molecule has 2 heteroatoms. The molecular weight excluding hydrogens is 114 g/mol. The molecule has 0 saturated carbocycles. The second-order valence-corrected chi connectivity index (χ2v) is 2.59. The van der Waals surface area contributed by atoms with E-state index in [1.54, 1.807) is 0 Å². The Labute approximate surface area is 56.5 Å². The smallest absolute Gasteiger partial charge is 0.0977 e. The first-order chi connectivity index (χ1) is 4.38. The number of likely N-dealkylation sites (N-methyl/N-ethyl adjacent to an activating group) is 1. The van der Waals surface area contributed by atoms with Gasteiger partial charge in [-0.05, 0) is 25.9 Å². The minimum Gasteiger partial charge on any atom is -0.298 e. The fourth-order valence-electron chi connectivity index (χ4n) is 1.50. The molecule has 9 heavy (non-hydrogen) atoms. The third-order valence-electron chi connectivity index (χ3n) is 2.10. The summed E-state index contributed by atoms with van der Waals surface area (Å²) < 4.78 is 0. The third kappa shape index (κ3) is 1.43. The first kappa shape index (κ1) is 7.03. The molecule has 1 heterocycles. The summed E-state index contributed by atoms with van der Waals surface area (Å²) in [6.45, 7) is 4.40. The molecular formula is C7H14NO. The molecule has 0 amide bonds. The van der Waals surface area contributed by atoms with Crippen LogP contribution in [0, 0.1) is 0 Å². The Morgan fingerprint density at radius 1 is 1.67 bits per heavy atom. The molecule has 1 radical (unpaired) electrons. The van der Waals surface area contributed by atoms with Crippen molar-refractivity contribution >= 4 is 0 Å². The van der Waals surface area contributed by atoms with Crippen molar-refractivity contribution in [1.82, 2.24) is 4.90 Å². The molecule has 53 valence electrons. The van der Waals surface area contributed by atoms with Crippen LogP contribution in [-0.4, -0.2) is 30.6 Å². The first-order valence-electron chi connectivity index (χ1n) is 3.70. The van der Waals surface area contributed by atoms with Crippen molar-refractivity contribution in [3.8, 4) is 0 Å². The van der Waals surface area contributed by atoms with Crippen LogP contribution in [0.1, 0.15) is 19.8 Å². The van der Waals surface area contributed by atoms with Gasteiger partial charge in [0.1, 0.15) is 0 Å². The summed E-state index contributed by atoms with van der Waals surface area (Å²) in [7, 11) is 0. The quantitative estimate of drug-likeness (QED) is 0.542. The lowest BCUT2D eigenvalue weighted by atomic mass is 10.2. The van der Waals surface area contributed by atoms with Gasteiger partial charge in [0.05, 0.1) is 6.61 Å². The molecule has 0 spiro atoms. The van der Waals surface area contributed by atoms with Gasteiger partial charge in [-0.15, -0.1) is 0 Å². The van der Waals surface area contributed by atoms with Gasteiger partial charge < -0.3 is 0 Å². The molecule has 1 fully saturated rings. The van der Waals surface area contributed by atoms with E-state index in [4.69, 9.17) is 0 Å². The third-order valence-corrected chi connectivity index (χ3v) is 2.10. The van der Waals surface area contributed by atoms with Gasteiger partial charge >= 0.3 is 0 Å². The van der Waals surface area contributed by atoms with Gasteiger partial charge in [-0.3, -0.25) is 4.90 Å². The summed E-state index contributed by atoms with van der Waals surface area (Å²) in [5.74, 6) is 0. The number of hydrogen-bond donors (Lipinski definition) is 0. The number of likely N-dealkylation sites (tertiary alicyclic amines) is 1. The summed E-state index contributed by atoms with van der Waals surface area (Å²) in [4.78, 5) is 2.27. The lowest BCUT2D eigenvalue weighted by Gasteiger charge is -2.18. The monoisotopic (exact) mass is 128 g/mol. The molecule has 1 atom stereocenters. The van der Waals surface area contributed by atoms with Gasteiger partial charge in [0, 0.05) is 6.04 Å². The Balaban J connectivity index is 2.32. The van der Waals surface area contributed by atoms with Gasteiger partial charge in [0.25, 0.3) is 0 Å². The Kier molecular flexibility index (Phi) is 2.49.